The summed E-state index contributed by atoms with van der Waals surface area (Å²) in [5, 5.41) is 35.4. The van der Waals surface area contributed by atoms with Crippen LogP contribution < -0.4 is 0 Å². The fourth-order valence-corrected chi connectivity index (χ4v) is 2.26. The zero-order valence-electron chi connectivity index (χ0n) is 22.9. The number of aromatic amines is 1. The maximum Gasteiger partial charge on any atom is 0.174 e. The van der Waals surface area contributed by atoms with Gasteiger partial charge in [-0.05, 0) is 52.0 Å². The first-order chi connectivity index (χ1) is 17.9. The van der Waals surface area contributed by atoms with Gasteiger partial charge in [-0.2, -0.15) is 10.3 Å². The van der Waals surface area contributed by atoms with Crippen molar-refractivity contribution in [2.24, 2.45) is 7.05 Å². The lowest BCUT2D eigenvalue weighted by molar-refractivity contribution is 0.611. The Morgan fingerprint density at radius 1 is 0.738 bits per heavy atom. The molecule has 0 amide bonds. The zero-order chi connectivity index (χ0) is 27.5. The van der Waals surface area contributed by atoms with Crippen LogP contribution >= 0.6 is 0 Å². The van der Waals surface area contributed by atoms with Crippen LogP contribution in [0.2, 0.25) is 0 Å². The molecular weight excluding hydrogens is 536 g/mol. The van der Waals surface area contributed by atoms with E-state index in [4.69, 9.17) is 0 Å². The third-order valence-electron chi connectivity index (χ3n) is 4.74. The highest BCUT2D eigenvalue weighted by Crippen LogP contribution is 1.92. The van der Waals surface area contributed by atoms with Crippen LogP contribution in [0.15, 0.2) is 31.4 Å². The van der Waals surface area contributed by atoms with E-state index in [-0.39, 0.29) is 37.1 Å². The SMILES string of the molecule is C.C.C.C.C.CCc1nn[nH]n1.CCn1ccnc1.CCn1cncn1.CCn1nnnc1C.Cc1nnc(C)n1C. The van der Waals surface area contributed by atoms with Gasteiger partial charge < -0.3 is 9.13 Å². The molecule has 0 unspecified atom stereocenters. The summed E-state index contributed by atoms with van der Waals surface area (Å²) < 4.78 is 7.46. The molecule has 0 aliphatic carbocycles. The lowest BCUT2D eigenvalue weighted by Crippen LogP contribution is -1.98. The Balaban J connectivity index is -0.000000132. The Morgan fingerprint density at radius 3 is 1.60 bits per heavy atom. The molecule has 0 aliphatic rings. The van der Waals surface area contributed by atoms with E-state index in [2.05, 4.69) is 68.3 Å². The quantitative estimate of drug-likeness (QED) is 0.308. The van der Waals surface area contributed by atoms with Gasteiger partial charge in [0.15, 0.2) is 5.82 Å². The summed E-state index contributed by atoms with van der Waals surface area (Å²) >= 11 is 0. The third kappa shape index (κ3) is 18.8. The molecule has 42 heavy (non-hydrogen) atoms. The highest BCUT2D eigenvalue weighted by atomic mass is 15.5. The smallest absolute Gasteiger partial charge is 0.174 e. The molecule has 242 valence electrons. The second kappa shape index (κ2) is 28.2. The van der Waals surface area contributed by atoms with Crippen molar-refractivity contribution in [1.82, 2.24) is 79.9 Å². The highest BCUT2D eigenvalue weighted by Gasteiger charge is 1.95. The van der Waals surface area contributed by atoms with Crippen LogP contribution in [0.5, 0.6) is 0 Å². The van der Waals surface area contributed by atoms with Crippen LogP contribution in [0.1, 0.15) is 88.1 Å². The first kappa shape index (κ1) is 47.4. The van der Waals surface area contributed by atoms with Gasteiger partial charge in [-0.25, -0.2) is 14.6 Å². The summed E-state index contributed by atoms with van der Waals surface area (Å²) in [5.74, 6) is 3.55. The molecule has 16 nitrogen and oxygen atoms in total. The van der Waals surface area contributed by atoms with E-state index in [0.717, 1.165) is 49.4 Å². The molecule has 0 aliphatic heterocycles. The van der Waals surface area contributed by atoms with E-state index < -0.39 is 0 Å². The summed E-state index contributed by atoms with van der Waals surface area (Å²) in [6.45, 7) is 16.6. The average molecular weight is 595 g/mol. The van der Waals surface area contributed by atoms with E-state index >= 15 is 0 Å². The van der Waals surface area contributed by atoms with Gasteiger partial charge in [0.2, 0.25) is 0 Å². The van der Waals surface area contributed by atoms with Gasteiger partial charge in [0.05, 0.1) is 6.33 Å². The number of nitrogens with zero attached hydrogens (tertiary/aromatic N) is 15. The number of tetrazole rings is 2. The van der Waals surface area contributed by atoms with Crippen molar-refractivity contribution in [3.8, 4) is 0 Å². The third-order valence-corrected chi connectivity index (χ3v) is 4.74. The second-order valence-corrected chi connectivity index (χ2v) is 7.22. The lowest BCUT2D eigenvalue weighted by Gasteiger charge is -1.90. The Morgan fingerprint density at radius 2 is 1.38 bits per heavy atom. The summed E-state index contributed by atoms with van der Waals surface area (Å²) in [6.07, 6.45) is 9.60. The Kier molecular flexibility index (Phi) is 31.8. The zero-order valence-corrected chi connectivity index (χ0v) is 22.9. The molecule has 0 saturated carbocycles. The average Bonchev–Trinajstić information content (AvgIpc) is 3.76. The largest absolute Gasteiger partial charge is 0.338 e. The van der Waals surface area contributed by atoms with Gasteiger partial charge >= 0.3 is 0 Å². The fraction of sp³-hybridized carbons (Fsp3) is 0.654. The van der Waals surface area contributed by atoms with Crippen molar-refractivity contribution in [1.29, 1.82) is 0 Å². The molecule has 5 rings (SSSR count). The number of imidazole rings is 1. The molecule has 5 aromatic rings. The predicted molar refractivity (Wildman–Crippen MR) is 170 cm³/mol. The van der Waals surface area contributed by atoms with Crippen LogP contribution in [-0.2, 0) is 33.1 Å². The number of aromatic nitrogens is 16. The van der Waals surface area contributed by atoms with Crippen molar-refractivity contribution >= 4 is 0 Å². The molecule has 0 atom stereocenters. The summed E-state index contributed by atoms with van der Waals surface area (Å²) in [7, 11) is 1.95. The Bertz CT molecular complexity index is 1060. The fourth-order valence-electron chi connectivity index (χ4n) is 2.26. The van der Waals surface area contributed by atoms with Crippen molar-refractivity contribution in [3.05, 3.63) is 54.7 Å². The molecular formula is C26H58N16. The maximum absolute atomic E-state index is 3.86. The standard InChI is InChI=1S/C5H9N3.C5H8N2.C4H8N4.C4H7N3.C3H6N4.5CH4/c1-4-6-7-5(2)8(4)3;1-2-7-4-3-6-5-7;1-3-8-4(2)5-6-7-8;1-2-7-4-5-3-6-7;1-2-3-4-6-7-5-3;;;;;/h1-3H3;3-5H,2H2,1H3;3H2,1-2H3;3-4H,2H2,1H3;2H2,1H3,(H,4,5,6,7);5*1H4. The highest BCUT2D eigenvalue weighted by molar-refractivity contribution is 4.88. The minimum atomic E-state index is 0. The number of rotatable bonds is 4. The molecule has 0 aromatic carbocycles. The van der Waals surface area contributed by atoms with Gasteiger partial charge in [0.1, 0.15) is 30.1 Å². The van der Waals surface area contributed by atoms with E-state index in [9.17, 15) is 0 Å². The van der Waals surface area contributed by atoms with Gasteiger partial charge in [0.25, 0.3) is 0 Å². The number of H-pyrrole nitrogens is 1. The summed E-state index contributed by atoms with van der Waals surface area (Å²) in [4.78, 5) is 7.60. The number of nitrogens with one attached hydrogen (secondary N) is 1. The molecule has 1 N–H and O–H groups in total. The number of aryl methyl sites for hydroxylation is 7. The van der Waals surface area contributed by atoms with Crippen LogP contribution in [0.25, 0.3) is 0 Å². The topological polar surface area (TPSA) is 177 Å². The van der Waals surface area contributed by atoms with Crippen LogP contribution in [0, 0.1) is 20.8 Å². The predicted octanol–water partition coefficient (Wildman–Crippen LogP) is 4.58. The molecule has 0 bridgehead atoms. The van der Waals surface area contributed by atoms with Crippen LogP contribution in [-0.4, -0.2) is 79.9 Å². The van der Waals surface area contributed by atoms with Gasteiger partial charge in [-0.15, -0.1) is 25.5 Å². The molecule has 0 fully saturated rings. The molecule has 5 aromatic heterocycles. The first-order valence-electron chi connectivity index (χ1n) is 11.9. The Hall–Kier alpha value is -4.37. The summed E-state index contributed by atoms with van der Waals surface area (Å²) in [5.41, 5.74) is 0. The van der Waals surface area contributed by atoms with E-state index in [1.54, 1.807) is 28.2 Å². The second-order valence-electron chi connectivity index (χ2n) is 7.22. The van der Waals surface area contributed by atoms with Crippen molar-refractivity contribution in [2.45, 2.75) is 112 Å². The monoisotopic (exact) mass is 595 g/mol. The Labute approximate surface area is 253 Å². The maximum atomic E-state index is 3.86. The minimum absolute atomic E-state index is 0. The van der Waals surface area contributed by atoms with Crippen LogP contribution in [0.3, 0.4) is 0 Å². The van der Waals surface area contributed by atoms with Crippen molar-refractivity contribution in [2.75, 3.05) is 0 Å². The van der Waals surface area contributed by atoms with Gasteiger partial charge in [-0.1, -0.05) is 49.3 Å². The summed E-state index contributed by atoms with van der Waals surface area (Å²) in [6, 6.07) is 0. The normalized spacial score (nSPS) is 8.38. The van der Waals surface area contributed by atoms with E-state index in [1.807, 2.05) is 63.9 Å². The molecule has 16 heteroatoms. The van der Waals surface area contributed by atoms with Crippen molar-refractivity contribution in [3.63, 3.8) is 0 Å². The van der Waals surface area contributed by atoms with Crippen LogP contribution in [0.4, 0.5) is 0 Å². The molecule has 0 saturated heterocycles. The van der Waals surface area contributed by atoms with E-state index in [0.29, 0.717) is 0 Å². The minimum Gasteiger partial charge on any atom is -0.338 e. The number of hydrogen-bond donors (Lipinski definition) is 1. The van der Waals surface area contributed by atoms with E-state index in [1.165, 1.54) is 6.33 Å². The molecule has 0 spiro atoms. The molecule has 0 radical (unpaired) electrons. The molecule has 5 heterocycles. The lowest BCUT2D eigenvalue weighted by atomic mass is 10.5. The van der Waals surface area contributed by atoms with Crippen molar-refractivity contribution < 1.29 is 0 Å². The van der Waals surface area contributed by atoms with Gasteiger partial charge in [0, 0.05) is 45.5 Å². The van der Waals surface area contributed by atoms with Gasteiger partial charge in [-0.3, -0.25) is 4.68 Å². The number of hydrogen-bond acceptors (Lipinski definition) is 11. The first-order valence-corrected chi connectivity index (χ1v) is 11.9.